The Morgan fingerprint density at radius 3 is 2.61 bits per heavy atom. The van der Waals surface area contributed by atoms with Crippen LogP contribution in [0.1, 0.15) is 43.4 Å². The summed E-state index contributed by atoms with van der Waals surface area (Å²) in [7, 11) is 4.79. The minimum Gasteiger partial charge on any atom is -0.493 e. The molecule has 1 saturated carbocycles. The van der Waals surface area contributed by atoms with E-state index in [0.717, 1.165) is 37.8 Å². The van der Waals surface area contributed by atoms with Crippen LogP contribution in [0.15, 0.2) is 30.6 Å². The van der Waals surface area contributed by atoms with Gasteiger partial charge >= 0.3 is 0 Å². The van der Waals surface area contributed by atoms with Crippen LogP contribution >= 0.6 is 0 Å². The third kappa shape index (κ3) is 4.95. The van der Waals surface area contributed by atoms with E-state index in [4.69, 9.17) is 18.9 Å². The maximum Gasteiger partial charge on any atom is 0.213 e. The molecule has 1 N–H and O–H groups in total. The van der Waals surface area contributed by atoms with Gasteiger partial charge in [-0.2, -0.15) is 0 Å². The molecular formula is C27H33FN4O4. The first-order valence-electron chi connectivity index (χ1n) is 12.5. The van der Waals surface area contributed by atoms with E-state index in [1.807, 2.05) is 12.1 Å². The topological polar surface area (TPSA) is 87.6 Å². The summed E-state index contributed by atoms with van der Waals surface area (Å²) >= 11 is 0. The van der Waals surface area contributed by atoms with Crippen LogP contribution in [0.5, 0.6) is 17.4 Å². The zero-order valence-corrected chi connectivity index (χ0v) is 21.1. The summed E-state index contributed by atoms with van der Waals surface area (Å²) in [6.07, 6.45) is 8.40. The largest absolute Gasteiger partial charge is 0.493 e. The van der Waals surface area contributed by atoms with Gasteiger partial charge in [0.1, 0.15) is 5.82 Å². The van der Waals surface area contributed by atoms with Gasteiger partial charge in [-0.05, 0) is 50.5 Å². The SMILES string of the molecule is COc1ccc2ncc(F)c(CCC34CCC(CC3)C(NCc3cc(OC)c(OC)cn3)CO4)c2n1. The highest BCUT2D eigenvalue weighted by atomic mass is 19.1. The summed E-state index contributed by atoms with van der Waals surface area (Å²) in [5, 5.41) is 3.66. The molecule has 0 radical (unpaired) electrons. The van der Waals surface area contributed by atoms with E-state index in [2.05, 4.69) is 20.3 Å². The Morgan fingerprint density at radius 2 is 1.86 bits per heavy atom. The summed E-state index contributed by atoms with van der Waals surface area (Å²) in [4.78, 5) is 13.2. The first-order chi connectivity index (χ1) is 17.5. The molecule has 5 heterocycles. The Morgan fingerprint density at radius 1 is 1.06 bits per heavy atom. The summed E-state index contributed by atoms with van der Waals surface area (Å²) < 4.78 is 37.4. The molecule has 0 spiro atoms. The van der Waals surface area contributed by atoms with Crippen molar-refractivity contribution in [1.29, 1.82) is 0 Å². The van der Waals surface area contributed by atoms with Crippen molar-refractivity contribution in [2.24, 2.45) is 5.92 Å². The zero-order valence-electron chi connectivity index (χ0n) is 21.1. The van der Waals surface area contributed by atoms with E-state index < -0.39 is 0 Å². The lowest BCUT2D eigenvalue weighted by Crippen LogP contribution is -2.38. The first-order valence-corrected chi connectivity index (χ1v) is 12.5. The van der Waals surface area contributed by atoms with Crippen LogP contribution in [0, 0.1) is 11.7 Å². The average molecular weight is 497 g/mol. The van der Waals surface area contributed by atoms with Gasteiger partial charge in [-0.3, -0.25) is 9.97 Å². The lowest BCUT2D eigenvalue weighted by molar-refractivity contribution is -0.0581. The molecule has 9 heteroatoms. The molecule has 1 unspecified atom stereocenters. The van der Waals surface area contributed by atoms with Crippen LogP contribution in [-0.4, -0.2) is 54.5 Å². The van der Waals surface area contributed by atoms with Crippen molar-refractivity contribution in [1.82, 2.24) is 20.3 Å². The van der Waals surface area contributed by atoms with E-state index in [1.54, 1.807) is 33.6 Å². The molecule has 3 aromatic rings. The highest BCUT2D eigenvalue weighted by Crippen LogP contribution is 2.43. The minimum absolute atomic E-state index is 0.241. The van der Waals surface area contributed by atoms with Gasteiger partial charge in [0.05, 0.1) is 62.7 Å². The third-order valence-electron chi connectivity index (χ3n) is 7.73. The van der Waals surface area contributed by atoms with Gasteiger partial charge < -0.3 is 24.3 Å². The van der Waals surface area contributed by atoms with Gasteiger partial charge in [0.2, 0.25) is 5.88 Å². The number of ether oxygens (including phenoxy) is 4. The van der Waals surface area contributed by atoms with E-state index in [1.165, 1.54) is 6.20 Å². The van der Waals surface area contributed by atoms with Gasteiger partial charge in [-0.1, -0.05) is 0 Å². The van der Waals surface area contributed by atoms with Gasteiger partial charge in [-0.25, -0.2) is 9.37 Å². The number of nitrogens with one attached hydrogen (secondary N) is 1. The second-order valence-corrected chi connectivity index (χ2v) is 9.66. The Balaban J connectivity index is 1.25. The molecule has 192 valence electrons. The fraction of sp³-hybridized carbons (Fsp3) is 0.519. The van der Waals surface area contributed by atoms with Crippen molar-refractivity contribution in [2.45, 2.75) is 56.7 Å². The summed E-state index contributed by atoms with van der Waals surface area (Å²) in [5.41, 5.74) is 2.47. The lowest BCUT2D eigenvalue weighted by Gasteiger charge is -2.36. The Kier molecular flexibility index (Phi) is 7.20. The first kappa shape index (κ1) is 24.6. The fourth-order valence-electron chi connectivity index (χ4n) is 5.56. The maximum atomic E-state index is 14.8. The third-order valence-corrected chi connectivity index (χ3v) is 7.73. The highest BCUT2D eigenvalue weighted by molar-refractivity contribution is 5.78. The number of aryl methyl sites for hydroxylation is 1. The summed E-state index contributed by atoms with van der Waals surface area (Å²) in [6, 6.07) is 5.71. The summed E-state index contributed by atoms with van der Waals surface area (Å²) in [6.45, 7) is 1.25. The Labute approximate surface area is 210 Å². The van der Waals surface area contributed by atoms with Crippen molar-refractivity contribution in [3.63, 3.8) is 0 Å². The van der Waals surface area contributed by atoms with E-state index in [9.17, 15) is 4.39 Å². The molecule has 3 fully saturated rings. The molecule has 1 aliphatic carbocycles. The highest BCUT2D eigenvalue weighted by Gasteiger charge is 2.42. The van der Waals surface area contributed by atoms with Crippen LogP contribution in [0.4, 0.5) is 4.39 Å². The second-order valence-electron chi connectivity index (χ2n) is 9.66. The number of hydrogen-bond donors (Lipinski definition) is 1. The molecule has 0 aromatic carbocycles. The fourth-order valence-corrected chi connectivity index (χ4v) is 5.56. The molecule has 36 heavy (non-hydrogen) atoms. The number of pyridine rings is 3. The van der Waals surface area contributed by atoms with Gasteiger partial charge in [0, 0.05) is 30.3 Å². The predicted molar refractivity (Wildman–Crippen MR) is 133 cm³/mol. The van der Waals surface area contributed by atoms with Crippen LogP contribution in [0.25, 0.3) is 11.0 Å². The van der Waals surface area contributed by atoms with Crippen molar-refractivity contribution in [2.75, 3.05) is 27.9 Å². The normalized spacial score (nSPS) is 23.4. The van der Waals surface area contributed by atoms with Crippen molar-refractivity contribution >= 4 is 11.0 Å². The van der Waals surface area contributed by atoms with Gasteiger partial charge in [-0.15, -0.1) is 0 Å². The monoisotopic (exact) mass is 496 g/mol. The van der Waals surface area contributed by atoms with Crippen molar-refractivity contribution in [3.8, 4) is 17.4 Å². The van der Waals surface area contributed by atoms with Crippen LogP contribution in [0.3, 0.4) is 0 Å². The van der Waals surface area contributed by atoms with E-state index in [-0.39, 0.29) is 17.5 Å². The number of nitrogens with zero attached hydrogens (tertiary/aromatic N) is 3. The molecule has 0 amide bonds. The van der Waals surface area contributed by atoms with Crippen LogP contribution in [-0.2, 0) is 17.7 Å². The number of aromatic nitrogens is 3. The smallest absolute Gasteiger partial charge is 0.213 e. The molecule has 2 aliphatic heterocycles. The Hall–Kier alpha value is -3.04. The number of rotatable bonds is 9. The molecule has 2 saturated heterocycles. The van der Waals surface area contributed by atoms with E-state index in [0.29, 0.717) is 59.5 Å². The predicted octanol–water partition coefficient (Wildman–Crippen LogP) is 4.24. The second kappa shape index (κ2) is 10.5. The van der Waals surface area contributed by atoms with Crippen LogP contribution < -0.4 is 19.5 Å². The molecule has 3 aromatic heterocycles. The summed E-state index contributed by atoms with van der Waals surface area (Å²) in [5.74, 6) is 1.96. The van der Waals surface area contributed by atoms with Gasteiger partial charge in [0.15, 0.2) is 11.5 Å². The number of methoxy groups -OCH3 is 3. The molecule has 6 rings (SSSR count). The maximum absolute atomic E-state index is 14.8. The molecular weight excluding hydrogens is 463 g/mol. The lowest BCUT2D eigenvalue weighted by atomic mass is 9.75. The van der Waals surface area contributed by atoms with Crippen molar-refractivity contribution < 1.29 is 23.3 Å². The number of halogens is 1. The Bertz CT molecular complexity index is 1220. The molecule has 1 atom stereocenters. The molecule has 8 nitrogen and oxygen atoms in total. The standard InChI is InChI=1S/C27H33FN4O4/c1-33-23-12-18(29-15-24(23)34-2)13-30-22-16-36-27(9-6-17(22)7-10-27)11-8-19-20(28)14-31-21-4-5-25(35-3)32-26(19)21/h4-5,12,14-15,17,22,30H,6-11,13,16H2,1-3H3. The average Bonchev–Trinajstić information content (AvgIpc) is 3.20. The van der Waals surface area contributed by atoms with Crippen LogP contribution in [0.2, 0.25) is 0 Å². The molecule has 3 aliphatic rings. The number of hydrogen-bond acceptors (Lipinski definition) is 8. The quantitative estimate of drug-likeness (QED) is 0.471. The van der Waals surface area contributed by atoms with E-state index >= 15 is 0 Å². The van der Waals surface area contributed by atoms with Gasteiger partial charge in [0.25, 0.3) is 0 Å². The zero-order chi connectivity index (χ0) is 25.1. The molecule has 2 bridgehead atoms. The number of fused-ring (bicyclic) bond motifs is 5. The van der Waals surface area contributed by atoms with Crippen molar-refractivity contribution in [3.05, 3.63) is 47.7 Å². The minimum atomic E-state index is -0.330.